The zero-order valence-corrected chi connectivity index (χ0v) is 13.4. The van der Waals surface area contributed by atoms with Crippen molar-refractivity contribution < 1.29 is 8.42 Å². The number of hydrogen-bond donors (Lipinski definition) is 1. The average Bonchev–Trinajstić information content (AvgIpc) is 2.37. The van der Waals surface area contributed by atoms with Crippen LogP contribution in [0.25, 0.3) is 0 Å². The Balaban J connectivity index is 2.38. The number of nitrogens with one attached hydrogen (secondary N) is 1. The standard InChI is InChI=1S/C17H21NO2S/c1-17(2,3)18-21(19,20)16-12-8-7-11-15(16)13-14-9-5-4-6-10-14/h4-12,18H,13H2,1-3H3. The summed E-state index contributed by atoms with van der Waals surface area (Å²) in [6.07, 6.45) is 0.599. The Hall–Kier alpha value is -1.65. The van der Waals surface area contributed by atoms with Gasteiger partial charge in [-0.2, -0.15) is 0 Å². The molecular weight excluding hydrogens is 282 g/mol. The second-order valence-corrected chi connectivity index (χ2v) is 7.78. The van der Waals surface area contributed by atoms with Crippen molar-refractivity contribution in [3.8, 4) is 0 Å². The fourth-order valence-electron chi connectivity index (χ4n) is 2.19. The van der Waals surface area contributed by atoms with Gasteiger partial charge in [-0.05, 0) is 44.4 Å². The molecule has 0 aliphatic heterocycles. The summed E-state index contributed by atoms with van der Waals surface area (Å²) in [5, 5.41) is 0. The Kier molecular flexibility index (Phi) is 4.49. The Morgan fingerprint density at radius 2 is 1.48 bits per heavy atom. The largest absolute Gasteiger partial charge is 0.241 e. The minimum Gasteiger partial charge on any atom is -0.207 e. The van der Waals surface area contributed by atoms with E-state index in [4.69, 9.17) is 0 Å². The summed E-state index contributed by atoms with van der Waals surface area (Å²) in [7, 11) is -3.52. The van der Waals surface area contributed by atoms with Crippen molar-refractivity contribution in [3.05, 3.63) is 65.7 Å². The van der Waals surface area contributed by atoms with E-state index in [0.717, 1.165) is 11.1 Å². The van der Waals surface area contributed by atoms with E-state index in [9.17, 15) is 8.42 Å². The second kappa shape index (κ2) is 6.00. The van der Waals surface area contributed by atoms with E-state index in [-0.39, 0.29) is 0 Å². The highest BCUT2D eigenvalue weighted by Gasteiger charge is 2.24. The van der Waals surface area contributed by atoms with Crippen molar-refractivity contribution >= 4 is 10.0 Å². The molecule has 0 saturated carbocycles. The molecule has 0 saturated heterocycles. The van der Waals surface area contributed by atoms with Crippen molar-refractivity contribution in [1.82, 2.24) is 4.72 Å². The first-order valence-corrected chi connectivity index (χ1v) is 8.42. The van der Waals surface area contributed by atoms with Gasteiger partial charge >= 0.3 is 0 Å². The molecule has 0 spiro atoms. The van der Waals surface area contributed by atoms with Crippen LogP contribution in [0.5, 0.6) is 0 Å². The highest BCUT2D eigenvalue weighted by atomic mass is 32.2. The summed E-state index contributed by atoms with van der Waals surface area (Å²) in [6.45, 7) is 5.51. The quantitative estimate of drug-likeness (QED) is 0.941. The molecule has 21 heavy (non-hydrogen) atoms. The van der Waals surface area contributed by atoms with Gasteiger partial charge in [0.05, 0.1) is 4.90 Å². The van der Waals surface area contributed by atoms with Crippen LogP contribution in [0.4, 0.5) is 0 Å². The SMILES string of the molecule is CC(C)(C)NS(=O)(=O)c1ccccc1Cc1ccccc1. The summed E-state index contributed by atoms with van der Waals surface area (Å²) in [5.41, 5.74) is 1.40. The van der Waals surface area contributed by atoms with Crippen molar-refractivity contribution in [2.45, 2.75) is 37.6 Å². The van der Waals surface area contributed by atoms with E-state index in [0.29, 0.717) is 11.3 Å². The lowest BCUT2D eigenvalue weighted by Crippen LogP contribution is -2.40. The fourth-order valence-corrected chi connectivity index (χ4v) is 3.85. The predicted molar refractivity (Wildman–Crippen MR) is 85.8 cm³/mol. The number of benzene rings is 2. The van der Waals surface area contributed by atoms with Gasteiger partial charge in [-0.3, -0.25) is 0 Å². The van der Waals surface area contributed by atoms with E-state index in [1.54, 1.807) is 12.1 Å². The minimum absolute atomic E-state index is 0.351. The van der Waals surface area contributed by atoms with Gasteiger partial charge in [0.25, 0.3) is 0 Å². The van der Waals surface area contributed by atoms with Gasteiger partial charge in [-0.1, -0.05) is 48.5 Å². The van der Waals surface area contributed by atoms with Gasteiger partial charge in [0, 0.05) is 5.54 Å². The molecule has 2 aromatic carbocycles. The summed E-state index contributed by atoms with van der Waals surface area (Å²) in [6, 6.07) is 17.0. The molecule has 2 aromatic rings. The van der Waals surface area contributed by atoms with Crippen molar-refractivity contribution in [3.63, 3.8) is 0 Å². The van der Waals surface area contributed by atoms with Crippen LogP contribution in [0.1, 0.15) is 31.9 Å². The van der Waals surface area contributed by atoms with E-state index in [2.05, 4.69) is 4.72 Å². The minimum atomic E-state index is -3.52. The third-order valence-corrected chi connectivity index (χ3v) is 4.80. The third kappa shape index (κ3) is 4.41. The van der Waals surface area contributed by atoms with Crippen molar-refractivity contribution in [2.24, 2.45) is 0 Å². The topological polar surface area (TPSA) is 46.2 Å². The zero-order valence-electron chi connectivity index (χ0n) is 12.6. The molecule has 112 valence electrons. The summed E-state index contributed by atoms with van der Waals surface area (Å²) in [5.74, 6) is 0. The monoisotopic (exact) mass is 303 g/mol. The third-order valence-electron chi connectivity index (χ3n) is 2.94. The first-order chi connectivity index (χ1) is 9.78. The molecule has 0 bridgehead atoms. The van der Waals surface area contributed by atoms with E-state index >= 15 is 0 Å². The van der Waals surface area contributed by atoms with Gasteiger partial charge in [0.1, 0.15) is 0 Å². The predicted octanol–water partition coefficient (Wildman–Crippen LogP) is 3.35. The van der Waals surface area contributed by atoms with Gasteiger partial charge in [0.2, 0.25) is 10.0 Å². The van der Waals surface area contributed by atoms with Gasteiger partial charge in [0.15, 0.2) is 0 Å². The lowest BCUT2D eigenvalue weighted by molar-refractivity contribution is 0.491. The molecule has 0 unspecified atom stereocenters. The van der Waals surface area contributed by atoms with E-state index in [1.807, 2.05) is 63.2 Å². The van der Waals surface area contributed by atoms with Crippen LogP contribution in [-0.2, 0) is 16.4 Å². The van der Waals surface area contributed by atoms with Crippen molar-refractivity contribution in [1.29, 1.82) is 0 Å². The molecular formula is C17H21NO2S. The first-order valence-electron chi connectivity index (χ1n) is 6.94. The number of rotatable bonds is 4. The first kappa shape index (κ1) is 15.7. The number of hydrogen-bond acceptors (Lipinski definition) is 2. The maximum absolute atomic E-state index is 12.5. The molecule has 0 aliphatic carbocycles. The Bertz CT molecular complexity index is 701. The maximum atomic E-state index is 12.5. The highest BCUT2D eigenvalue weighted by Crippen LogP contribution is 2.20. The zero-order chi connectivity index (χ0) is 15.5. The lowest BCUT2D eigenvalue weighted by atomic mass is 10.1. The summed E-state index contributed by atoms with van der Waals surface area (Å²) in [4.78, 5) is 0.351. The molecule has 0 aromatic heterocycles. The van der Waals surface area contributed by atoms with Gasteiger partial charge in [-0.15, -0.1) is 0 Å². The van der Waals surface area contributed by atoms with E-state index in [1.165, 1.54) is 0 Å². The second-order valence-electron chi connectivity index (χ2n) is 6.13. The maximum Gasteiger partial charge on any atom is 0.241 e. The van der Waals surface area contributed by atoms with Crippen LogP contribution in [0.15, 0.2) is 59.5 Å². The average molecular weight is 303 g/mol. The molecule has 0 atom stereocenters. The Morgan fingerprint density at radius 3 is 2.10 bits per heavy atom. The fraction of sp³-hybridized carbons (Fsp3) is 0.294. The Morgan fingerprint density at radius 1 is 0.905 bits per heavy atom. The van der Waals surface area contributed by atoms with Crippen LogP contribution in [-0.4, -0.2) is 14.0 Å². The van der Waals surface area contributed by atoms with Crippen LogP contribution in [0, 0.1) is 0 Å². The highest BCUT2D eigenvalue weighted by molar-refractivity contribution is 7.89. The normalized spacial score (nSPS) is 12.3. The summed E-state index contributed by atoms with van der Waals surface area (Å²) >= 11 is 0. The molecule has 1 N–H and O–H groups in total. The van der Waals surface area contributed by atoms with Crippen LogP contribution in [0.2, 0.25) is 0 Å². The molecule has 3 nitrogen and oxygen atoms in total. The van der Waals surface area contributed by atoms with Crippen LogP contribution < -0.4 is 4.72 Å². The molecule has 0 heterocycles. The number of sulfonamides is 1. The molecule has 0 radical (unpaired) electrons. The van der Waals surface area contributed by atoms with E-state index < -0.39 is 15.6 Å². The molecule has 0 fully saturated rings. The Labute approximate surface area is 127 Å². The molecule has 0 amide bonds. The molecule has 0 aliphatic rings. The molecule has 2 rings (SSSR count). The smallest absolute Gasteiger partial charge is 0.207 e. The summed E-state index contributed by atoms with van der Waals surface area (Å²) < 4.78 is 27.8. The van der Waals surface area contributed by atoms with Crippen molar-refractivity contribution in [2.75, 3.05) is 0 Å². The van der Waals surface area contributed by atoms with Crippen LogP contribution >= 0.6 is 0 Å². The van der Waals surface area contributed by atoms with Gasteiger partial charge < -0.3 is 0 Å². The molecule has 4 heteroatoms. The van der Waals surface area contributed by atoms with Crippen LogP contribution in [0.3, 0.4) is 0 Å². The lowest BCUT2D eigenvalue weighted by Gasteiger charge is -2.21. The van der Waals surface area contributed by atoms with Gasteiger partial charge in [-0.25, -0.2) is 13.1 Å².